The molecule has 0 saturated heterocycles. The van der Waals surface area contributed by atoms with Gasteiger partial charge in [0.1, 0.15) is 12.4 Å². The fraction of sp³-hybridized carbons (Fsp3) is 0.500. The Balaban J connectivity index is 1.93. The Kier molecular flexibility index (Phi) is 4.71. The van der Waals surface area contributed by atoms with Gasteiger partial charge in [-0.1, -0.05) is 18.2 Å². The number of nitrogens with zero attached hydrogens (tertiary/aromatic N) is 4. The maximum Gasteiger partial charge on any atom is 0.243 e. The van der Waals surface area contributed by atoms with Crippen LogP contribution in [0.2, 0.25) is 0 Å². The molecule has 8 heteroatoms. The van der Waals surface area contributed by atoms with Crippen LogP contribution in [-0.4, -0.2) is 47.2 Å². The van der Waals surface area contributed by atoms with Gasteiger partial charge in [-0.2, -0.15) is 4.31 Å². The summed E-state index contributed by atoms with van der Waals surface area (Å²) < 4.78 is 34.9. The summed E-state index contributed by atoms with van der Waals surface area (Å²) >= 11 is 0. The molecular formula is C16H22N4O3S. The fourth-order valence-electron chi connectivity index (χ4n) is 3.13. The SMILES string of the molecule is COCc1nnc2n1CCN(S(=O)(=O)c1ccccc1C)C(C)C2. The van der Waals surface area contributed by atoms with E-state index < -0.39 is 10.0 Å². The van der Waals surface area contributed by atoms with E-state index in [-0.39, 0.29) is 6.04 Å². The lowest BCUT2D eigenvalue weighted by Gasteiger charge is -2.26. The standard InChI is InChI=1S/C16H22N4O3S/c1-12-6-4-5-7-14(12)24(21,22)20-9-8-19-15(10-13(20)2)17-18-16(19)11-23-3/h4-7,13H,8-11H2,1-3H3. The van der Waals surface area contributed by atoms with E-state index >= 15 is 0 Å². The Morgan fingerprint density at radius 1 is 1.25 bits per heavy atom. The summed E-state index contributed by atoms with van der Waals surface area (Å²) in [6.07, 6.45) is 0.530. The first-order valence-electron chi connectivity index (χ1n) is 7.92. The van der Waals surface area contributed by atoms with Crippen LogP contribution in [0.15, 0.2) is 29.2 Å². The monoisotopic (exact) mass is 350 g/mol. The van der Waals surface area contributed by atoms with Crippen LogP contribution < -0.4 is 0 Å². The van der Waals surface area contributed by atoms with E-state index in [4.69, 9.17) is 4.74 Å². The lowest BCUT2D eigenvalue weighted by molar-refractivity contribution is 0.173. The predicted molar refractivity (Wildman–Crippen MR) is 89.0 cm³/mol. The molecule has 7 nitrogen and oxygen atoms in total. The highest BCUT2D eigenvalue weighted by Crippen LogP contribution is 2.25. The normalized spacial score (nSPS) is 19.0. The summed E-state index contributed by atoms with van der Waals surface area (Å²) in [5.74, 6) is 1.53. The van der Waals surface area contributed by atoms with Gasteiger partial charge in [-0.05, 0) is 25.5 Å². The second-order valence-corrected chi connectivity index (χ2v) is 7.91. The van der Waals surface area contributed by atoms with Gasteiger partial charge in [-0.15, -0.1) is 10.2 Å². The Morgan fingerprint density at radius 2 is 2.00 bits per heavy atom. The number of methoxy groups -OCH3 is 1. The average Bonchev–Trinajstić information content (AvgIpc) is 2.81. The quantitative estimate of drug-likeness (QED) is 0.832. The van der Waals surface area contributed by atoms with Gasteiger partial charge in [0.25, 0.3) is 0 Å². The van der Waals surface area contributed by atoms with Gasteiger partial charge in [0, 0.05) is 32.7 Å². The van der Waals surface area contributed by atoms with Crippen LogP contribution in [-0.2, 0) is 34.3 Å². The molecule has 0 spiro atoms. The zero-order chi connectivity index (χ0) is 17.3. The zero-order valence-electron chi connectivity index (χ0n) is 14.1. The van der Waals surface area contributed by atoms with Gasteiger partial charge in [0.2, 0.25) is 10.0 Å². The molecule has 0 aliphatic carbocycles. The Hall–Kier alpha value is -1.77. The highest BCUT2D eigenvalue weighted by Gasteiger charge is 2.33. The Morgan fingerprint density at radius 3 is 2.71 bits per heavy atom. The van der Waals surface area contributed by atoms with Crippen molar-refractivity contribution in [2.24, 2.45) is 0 Å². The molecule has 1 aromatic heterocycles. The van der Waals surface area contributed by atoms with Gasteiger partial charge in [-0.25, -0.2) is 8.42 Å². The Labute approximate surface area is 142 Å². The summed E-state index contributed by atoms with van der Waals surface area (Å²) in [6, 6.07) is 6.90. The van der Waals surface area contributed by atoms with Crippen LogP contribution in [0.1, 0.15) is 24.1 Å². The molecule has 24 heavy (non-hydrogen) atoms. The number of aryl methyl sites for hydroxylation is 1. The topological polar surface area (TPSA) is 77.3 Å². The highest BCUT2D eigenvalue weighted by atomic mass is 32.2. The number of rotatable bonds is 4. The number of hydrogen-bond donors (Lipinski definition) is 0. The van der Waals surface area contributed by atoms with Crippen molar-refractivity contribution in [1.82, 2.24) is 19.1 Å². The lowest BCUT2D eigenvalue weighted by Crippen LogP contribution is -2.40. The van der Waals surface area contributed by atoms with Crippen molar-refractivity contribution >= 4 is 10.0 Å². The van der Waals surface area contributed by atoms with E-state index in [2.05, 4.69) is 10.2 Å². The lowest BCUT2D eigenvalue weighted by atomic mass is 10.2. The van der Waals surface area contributed by atoms with Gasteiger partial charge >= 0.3 is 0 Å². The third-order valence-corrected chi connectivity index (χ3v) is 6.55. The van der Waals surface area contributed by atoms with E-state index in [1.165, 1.54) is 0 Å². The molecule has 0 saturated carbocycles. The summed E-state index contributed by atoms with van der Waals surface area (Å²) in [4.78, 5) is 0.367. The number of sulfonamides is 1. The van der Waals surface area contributed by atoms with Crippen LogP contribution in [0.5, 0.6) is 0 Å². The average molecular weight is 350 g/mol. The van der Waals surface area contributed by atoms with E-state index in [1.807, 2.05) is 30.5 Å². The first-order valence-corrected chi connectivity index (χ1v) is 9.36. The predicted octanol–water partition coefficient (Wildman–Crippen LogP) is 1.37. The van der Waals surface area contributed by atoms with Crippen LogP contribution in [0, 0.1) is 6.92 Å². The maximum absolute atomic E-state index is 13.1. The first kappa shape index (κ1) is 17.1. The number of hydrogen-bond acceptors (Lipinski definition) is 5. The van der Waals surface area contributed by atoms with Gasteiger partial charge in [0.15, 0.2) is 5.82 Å². The second kappa shape index (κ2) is 6.62. The molecule has 0 amide bonds. The molecule has 0 bridgehead atoms. The zero-order valence-corrected chi connectivity index (χ0v) is 15.0. The van der Waals surface area contributed by atoms with Gasteiger partial charge in [-0.3, -0.25) is 0 Å². The minimum absolute atomic E-state index is 0.185. The van der Waals surface area contributed by atoms with Gasteiger partial charge < -0.3 is 9.30 Å². The fourth-order valence-corrected chi connectivity index (χ4v) is 4.98. The van der Waals surface area contributed by atoms with Crippen LogP contribution in [0.4, 0.5) is 0 Å². The molecule has 0 radical (unpaired) electrons. The summed E-state index contributed by atoms with van der Waals surface area (Å²) in [6.45, 7) is 5.01. The molecule has 1 atom stereocenters. The highest BCUT2D eigenvalue weighted by molar-refractivity contribution is 7.89. The minimum atomic E-state index is -3.55. The smallest absolute Gasteiger partial charge is 0.243 e. The van der Waals surface area contributed by atoms with Crippen molar-refractivity contribution in [2.45, 2.75) is 44.4 Å². The Bertz CT molecular complexity index is 832. The third-order valence-electron chi connectivity index (χ3n) is 4.37. The molecule has 3 rings (SSSR count). The number of ether oxygens (including phenoxy) is 1. The molecule has 1 aliphatic heterocycles. The minimum Gasteiger partial charge on any atom is -0.377 e. The first-order chi connectivity index (χ1) is 11.4. The number of fused-ring (bicyclic) bond motifs is 1. The summed E-state index contributed by atoms with van der Waals surface area (Å²) in [5.41, 5.74) is 0.758. The van der Waals surface area contributed by atoms with E-state index in [0.717, 1.165) is 17.2 Å². The van der Waals surface area contributed by atoms with E-state index in [1.54, 1.807) is 23.5 Å². The maximum atomic E-state index is 13.1. The van der Waals surface area contributed by atoms with Crippen molar-refractivity contribution in [2.75, 3.05) is 13.7 Å². The van der Waals surface area contributed by atoms with Gasteiger partial charge in [0.05, 0.1) is 4.90 Å². The summed E-state index contributed by atoms with van der Waals surface area (Å²) in [5, 5.41) is 8.35. The van der Waals surface area contributed by atoms with Crippen molar-refractivity contribution in [1.29, 1.82) is 0 Å². The van der Waals surface area contributed by atoms with E-state index in [9.17, 15) is 8.42 Å². The molecule has 1 unspecified atom stereocenters. The summed E-state index contributed by atoms with van der Waals surface area (Å²) in [7, 11) is -1.94. The largest absolute Gasteiger partial charge is 0.377 e. The molecule has 0 fully saturated rings. The molecule has 2 aromatic rings. The molecule has 2 heterocycles. The van der Waals surface area contributed by atoms with Crippen molar-refractivity contribution in [3.05, 3.63) is 41.5 Å². The van der Waals surface area contributed by atoms with Crippen LogP contribution in [0.3, 0.4) is 0 Å². The molecule has 1 aromatic carbocycles. The molecule has 1 aliphatic rings. The van der Waals surface area contributed by atoms with E-state index in [0.29, 0.717) is 31.0 Å². The van der Waals surface area contributed by atoms with Crippen molar-refractivity contribution in [3.8, 4) is 0 Å². The molecule has 0 N–H and O–H groups in total. The number of aromatic nitrogens is 3. The second-order valence-electron chi connectivity index (χ2n) is 6.05. The van der Waals surface area contributed by atoms with Crippen molar-refractivity contribution in [3.63, 3.8) is 0 Å². The van der Waals surface area contributed by atoms with Crippen LogP contribution in [0.25, 0.3) is 0 Å². The van der Waals surface area contributed by atoms with Crippen molar-refractivity contribution < 1.29 is 13.2 Å². The van der Waals surface area contributed by atoms with Crippen LogP contribution >= 0.6 is 0 Å². The molecule has 130 valence electrons. The third kappa shape index (κ3) is 2.97. The number of benzene rings is 1. The molecular weight excluding hydrogens is 328 g/mol.